The van der Waals surface area contributed by atoms with Crippen molar-refractivity contribution < 1.29 is 19.4 Å². The van der Waals surface area contributed by atoms with Crippen molar-refractivity contribution in [2.75, 3.05) is 13.7 Å². The van der Waals surface area contributed by atoms with Gasteiger partial charge in [0.1, 0.15) is 9.67 Å². The van der Waals surface area contributed by atoms with Crippen molar-refractivity contribution >= 4 is 46.1 Å². The Bertz CT molecular complexity index is 466. The van der Waals surface area contributed by atoms with Gasteiger partial charge in [0.25, 0.3) is 5.91 Å². The minimum atomic E-state index is -0.499. The second kappa shape index (κ2) is 6.79. The number of rotatable bonds is 4. The van der Waals surface area contributed by atoms with E-state index in [4.69, 9.17) is 11.6 Å². The Labute approximate surface area is 123 Å². The molecule has 0 saturated carbocycles. The van der Waals surface area contributed by atoms with Gasteiger partial charge in [-0.2, -0.15) is 0 Å². The summed E-state index contributed by atoms with van der Waals surface area (Å²) in [6.07, 6.45) is 0. The van der Waals surface area contributed by atoms with Crippen LogP contribution in [0.4, 0.5) is 0 Å². The number of benzene rings is 1. The first-order valence-electron chi connectivity index (χ1n) is 4.94. The first-order chi connectivity index (χ1) is 8.45. The van der Waals surface area contributed by atoms with E-state index in [0.29, 0.717) is 5.02 Å². The number of hydrogen-bond donors (Lipinski definition) is 2. The van der Waals surface area contributed by atoms with Gasteiger partial charge in [-0.15, -0.1) is 0 Å². The van der Waals surface area contributed by atoms with Gasteiger partial charge in [-0.1, -0.05) is 34.2 Å². The summed E-state index contributed by atoms with van der Waals surface area (Å²) in [5.41, 5.74) is 0.0657. The predicted octanol–water partition coefficient (Wildman–Crippen LogP) is 1.75. The quantitative estimate of drug-likeness (QED) is 0.472. The molecule has 0 radical (unpaired) electrons. The third-order valence-electron chi connectivity index (χ3n) is 2.10. The number of nitrogens with one attached hydrogen (secondary N) is 1. The molecule has 0 aliphatic rings. The summed E-state index contributed by atoms with van der Waals surface area (Å²) in [4.78, 5) is 22.9. The molecule has 98 valence electrons. The third kappa shape index (κ3) is 4.02. The van der Waals surface area contributed by atoms with E-state index in [1.54, 1.807) is 0 Å². The van der Waals surface area contributed by atoms with Gasteiger partial charge in [0, 0.05) is 11.6 Å². The van der Waals surface area contributed by atoms with Gasteiger partial charge in [-0.05, 0) is 18.2 Å². The number of halogens is 2. The molecule has 1 atom stereocenters. The second-order valence-corrected chi connectivity index (χ2v) is 5.30. The molecular weight excluding hydrogens is 372 g/mol. The van der Waals surface area contributed by atoms with Crippen LogP contribution < -0.4 is 5.32 Å². The fraction of sp³-hybridized carbons (Fsp3) is 0.273. The van der Waals surface area contributed by atoms with E-state index in [9.17, 15) is 14.7 Å². The molecule has 2 N–H and O–H groups in total. The molecule has 1 aromatic carbocycles. The predicted molar refractivity (Wildman–Crippen MR) is 75.3 cm³/mol. The number of aromatic hydroxyl groups is 1. The molecule has 0 saturated heterocycles. The lowest BCUT2D eigenvalue weighted by atomic mass is 10.2. The Morgan fingerprint density at radius 1 is 1.56 bits per heavy atom. The normalized spacial score (nSPS) is 11.7. The average molecular weight is 384 g/mol. The number of ether oxygens (including phenoxy) is 1. The molecule has 0 aromatic heterocycles. The topological polar surface area (TPSA) is 75.6 Å². The molecule has 7 heteroatoms. The van der Waals surface area contributed by atoms with Crippen LogP contribution in [0, 0.1) is 0 Å². The first-order valence-corrected chi connectivity index (χ1v) is 6.56. The molecule has 1 rings (SSSR count). The molecule has 0 heterocycles. The van der Waals surface area contributed by atoms with Crippen LogP contribution in [0.25, 0.3) is 0 Å². The zero-order valence-corrected chi connectivity index (χ0v) is 12.4. The van der Waals surface area contributed by atoms with E-state index >= 15 is 0 Å². The Balaban J connectivity index is 2.66. The van der Waals surface area contributed by atoms with Crippen molar-refractivity contribution in [2.24, 2.45) is 0 Å². The van der Waals surface area contributed by atoms with E-state index in [-0.39, 0.29) is 17.9 Å². The maximum absolute atomic E-state index is 11.7. The number of phenolic OH excluding ortho intramolecular Hbond substituents is 1. The maximum atomic E-state index is 11.7. The zero-order chi connectivity index (χ0) is 13.7. The molecule has 18 heavy (non-hydrogen) atoms. The number of methoxy groups -OCH3 is 1. The summed E-state index contributed by atoms with van der Waals surface area (Å²) in [5, 5.41) is 12.4. The Hall–Kier alpha value is -1.02. The number of phenols is 1. The van der Waals surface area contributed by atoms with Gasteiger partial charge < -0.3 is 15.2 Å². The van der Waals surface area contributed by atoms with Crippen molar-refractivity contribution in [1.82, 2.24) is 5.32 Å². The lowest BCUT2D eigenvalue weighted by Gasteiger charge is -2.10. The molecule has 5 nitrogen and oxygen atoms in total. The number of amides is 1. The van der Waals surface area contributed by atoms with Crippen molar-refractivity contribution in [3.05, 3.63) is 28.8 Å². The van der Waals surface area contributed by atoms with Crippen molar-refractivity contribution in [3.63, 3.8) is 0 Å². The van der Waals surface area contributed by atoms with E-state index in [0.717, 1.165) is 0 Å². The minimum absolute atomic E-state index is 0.0657. The van der Waals surface area contributed by atoms with Gasteiger partial charge in [0.15, 0.2) is 0 Å². The average Bonchev–Trinajstić information content (AvgIpc) is 2.37. The summed E-state index contributed by atoms with van der Waals surface area (Å²) in [7, 11) is 1.28. The molecule has 0 aliphatic carbocycles. The zero-order valence-electron chi connectivity index (χ0n) is 9.44. The van der Waals surface area contributed by atoms with E-state index in [1.807, 2.05) is 22.6 Å². The Morgan fingerprint density at radius 2 is 2.22 bits per heavy atom. The smallest absolute Gasteiger partial charge is 0.320 e. The number of carbonyl (C=O) groups is 2. The minimum Gasteiger partial charge on any atom is -0.507 e. The molecule has 1 unspecified atom stereocenters. The van der Waals surface area contributed by atoms with Gasteiger partial charge in [-0.25, -0.2) is 0 Å². The highest BCUT2D eigenvalue weighted by atomic mass is 127. The number of carbonyl (C=O) groups excluding carboxylic acids is 2. The van der Waals surface area contributed by atoms with E-state index in [1.165, 1.54) is 25.3 Å². The summed E-state index contributed by atoms with van der Waals surface area (Å²) in [6.45, 7) is 0.109. The molecule has 0 bridgehead atoms. The summed E-state index contributed by atoms with van der Waals surface area (Å²) >= 11 is 7.59. The SMILES string of the molecule is COC(=O)C(I)CNC(=O)c1cc(Cl)ccc1O. The van der Waals surface area contributed by atoms with Crippen LogP contribution in [0.3, 0.4) is 0 Å². The van der Waals surface area contributed by atoms with Crippen LogP contribution >= 0.6 is 34.2 Å². The standard InChI is InChI=1S/C11H11ClINO4/c1-18-11(17)8(13)5-14-10(16)7-4-6(12)2-3-9(7)15/h2-4,8,15H,5H2,1H3,(H,14,16). The Kier molecular flexibility index (Phi) is 5.67. The maximum Gasteiger partial charge on any atom is 0.320 e. The highest BCUT2D eigenvalue weighted by Gasteiger charge is 2.18. The fourth-order valence-electron chi connectivity index (χ4n) is 1.18. The summed E-state index contributed by atoms with van der Waals surface area (Å²) < 4.78 is 4.04. The molecule has 0 spiro atoms. The van der Waals surface area contributed by atoms with Crippen LogP contribution in [0.1, 0.15) is 10.4 Å². The monoisotopic (exact) mass is 383 g/mol. The number of esters is 1. The van der Waals surface area contributed by atoms with Crippen LogP contribution in [-0.4, -0.2) is 34.6 Å². The third-order valence-corrected chi connectivity index (χ3v) is 3.29. The second-order valence-electron chi connectivity index (χ2n) is 3.36. The summed E-state index contributed by atoms with van der Waals surface area (Å²) in [6, 6.07) is 4.16. The summed E-state index contributed by atoms with van der Waals surface area (Å²) in [5.74, 6) is -1.09. The molecular formula is C11H11ClINO4. The van der Waals surface area contributed by atoms with Crippen molar-refractivity contribution in [2.45, 2.75) is 3.92 Å². The van der Waals surface area contributed by atoms with Gasteiger partial charge in [0.05, 0.1) is 12.7 Å². The highest BCUT2D eigenvalue weighted by Crippen LogP contribution is 2.21. The van der Waals surface area contributed by atoms with Crippen LogP contribution in [-0.2, 0) is 9.53 Å². The lowest BCUT2D eigenvalue weighted by molar-refractivity contribution is -0.139. The van der Waals surface area contributed by atoms with Crippen LogP contribution in [0.2, 0.25) is 5.02 Å². The van der Waals surface area contributed by atoms with Crippen LogP contribution in [0.5, 0.6) is 5.75 Å². The van der Waals surface area contributed by atoms with E-state index in [2.05, 4.69) is 10.1 Å². The van der Waals surface area contributed by atoms with E-state index < -0.39 is 15.8 Å². The molecule has 1 amide bonds. The van der Waals surface area contributed by atoms with Crippen molar-refractivity contribution in [3.8, 4) is 5.75 Å². The van der Waals surface area contributed by atoms with Crippen LogP contribution in [0.15, 0.2) is 18.2 Å². The first kappa shape index (κ1) is 15.0. The largest absolute Gasteiger partial charge is 0.507 e. The Morgan fingerprint density at radius 3 is 2.83 bits per heavy atom. The van der Waals surface area contributed by atoms with Gasteiger partial charge >= 0.3 is 5.97 Å². The molecule has 1 aromatic rings. The fourth-order valence-corrected chi connectivity index (χ4v) is 1.83. The highest BCUT2D eigenvalue weighted by molar-refractivity contribution is 14.1. The molecule has 0 aliphatic heterocycles. The number of hydrogen-bond acceptors (Lipinski definition) is 4. The lowest BCUT2D eigenvalue weighted by Crippen LogP contribution is -2.33. The van der Waals surface area contributed by atoms with Gasteiger partial charge in [-0.3, -0.25) is 9.59 Å². The van der Waals surface area contributed by atoms with Crippen molar-refractivity contribution in [1.29, 1.82) is 0 Å². The van der Waals surface area contributed by atoms with Gasteiger partial charge in [0.2, 0.25) is 0 Å². The number of alkyl halides is 1. The molecule has 0 fully saturated rings.